The topological polar surface area (TPSA) is 55.8 Å². The van der Waals surface area contributed by atoms with Crippen LogP contribution in [0.25, 0.3) is 0 Å². The highest BCUT2D eigenvalue weighted by Crippen LogP contribution is 2.34. The second-order valence-corrected chi connectivity index (χ2v) is 10.2. The Morgan fingerprint density at radius 3 is 2.44 bits per heavy atom. The molecule has 0 unspecified atom stereocenters. The summed E-state index contributed by atoms with van der Waals surface area (Å²) < 4.78 is 38.1. The van der Waals surface area contributed by atoms with Crippen LogP contribution in [0.3, 0.4) is 0 Å². The van der Waals surface area contributed by atoms with Crippen LogP contribution in [-0.4, -0.2) is 40.6 Å². The molecule has 32 heavy (non-hydrogen) atoms. The molecule has 0 fully saturated rings. The van der Waals surface area contributed by atoms with Crippen molar-refractivity contribution in [3.05, 3.63) is 88.8 Å². The number of benzene rings is 3. The van der Waals surface area contributed by atoms with Crippen LogP contribution in [-0.2, 0) is 22.9 Å². The lowest BCUT2D eigenvalue weighted by Gasteiger charge is -2.15. The van der Waals surface area contributed by atoms with Gasteiger partial charge in [0.25, 0.3) is 0 Å². The standard InChI is InChI=1S/C25H25ClNO4S/c1-27-13-11-19-15-24(30-2)25(16-20(19)12-14-27)32(28,29)23-9-7-22(8-10-23)31-17-18-3-5-21(26)6-4-18/h3-11,15-16H,12-14,17H2,1-2H3. The summed E-state index contributed by atoms with van der Waals surface area (Å²) in [6.45, 7) is 2.06. The molecule has 0 spiro atoms. The second kappa shape index (κ2) is 9.53. The van der Waals surface area contributed by atoms with Crippen LogP contribution in [0.15, 0.2) is 70.5 Å². The molecular formula is C25H25ClNO4S. The van der Waals surface area contributed by atoms with Gasteiger partial charge in [0.2, 0.25) is 9.84 Å². The van der Waals surface area contributed by atoms with Gasteiger partial charge in [-0.3, -0.25) is 0 Å². The van der Waals surface area contributed by atoms with E-state index in [-0.39, 0.29) is 9.79 Å². The molecule has 3 aromatic rings. The van der Waals surface area contributed by atoms with Gasteiger partial charge in [-0.1, -0.05) is 23.7 Å². The highest BCUT2D eigenvalue weighted by atomic mass is 35.5. The molecule has 3 aromatic carbocycles. The van der Waals surface area contributed by atoms with Crippen molar-refractivity contribution in [2.75, 3.05) is 27.2 Å². The lowest BCUT2D eigenvalue weighted by Crippen LogP contribution is -2.20. The molecule has 4 rings (SSSR count). The van der Waals surface area contributed by atoms with Gasteiger partial charge in [-0.25, -0.2) is 8.42 Å². The summed E-state index contributed by atoms with van der Waals surface area (Å²) in [6.07, 6.45) is 2.89. The molecule has 1 heterocycles. The van der Waals surface area contributed by atoms with Crippen molar-refractivity contribution in [3.63, 3.8) is 0 Å². The maximum atomic E-state index is 13.4. The first-order valence-corrected chi connectivity index (χ1v) is 12.2. The van der Waals surface area contributed by atoms with Crippen LogP contribution >= 0.6 is 11.6 Å². The van der Waals surface area contributed by atoms with Crippen LogP contribution < -0.4 is 9.47 Å². The van der Waals surface area contributed by atoms with E-state index in [4.69, 9.17) is 21.1 Å². The number of rotatable bonds is 6. The lowest BCUT2D eigenvalue weighted by molar-refractivity contribution is 0.306. The molecule has 0 aliphatic carbocycles. The first-order chi connectivity index (χ1) is 15.4. The van der Waals surface area contributed by atoms with Gasteiger partial charge in [0.15, 0.2) is 0 Å². The van der Waals surface area contributed by atoms with E-state index < -0.39 is 9.84 Å². The Morgan fingerprint density at radius 1 is 1.03 bits per heavy atom. The Balaban J connectivity index is 1.57. The minimum Gasteiger partial charge on any atom is -0.495 e. The lowest BCUT2D eigenvalue weighted by atomic mass is 10.0. The van der Waals surface area contributed by atoms with Crippen molar-refractivity contribution in [2.45, 2.75) is 22.8 Å². The molecule has 1 aliphatic heterocycles. The van der Waals surface area contributed by atoms with Crippen molar-refractivity contribution >= 4 is 21.4 Å². The van der Waals surface area contributed by atoms with Crippen LogP contribution in [0.4, 0.5) is 0 Å². The Kier molecular flexibility index (Phi) is 6.74. The summed E-state index contributed by atoms with van der Waals surface area (Å²) in [7, 11) is -0.205. The summed E-state index contributed by atoms with van der Waals surface area (Å²) in [5, 5.41) is 0.668. The third kappa shape index (κ3) is 4.93. The molecule has 0 aromatic heterocycles. The number of halogens is 1. The molecule has 0 saturated heterocycles. The Hall–Kier alpha value is -2.54. The number of nitrogens with zero attached hydrogens (tertiary/aromatic N) is 1. The molecule has 0 atom stereocenters. The average molecular weight is 471 g/mol. The maximum absolute atomic E-state index is 13.4. The van der Waals surface area contributed by atoms with Gasteiger partial charge < -0.3 is 14.4 Å². The zero-order valence-corrected chi connectivity index (χ0v) is 19.6. The number of likely N-dealkylation sites (N-methyl/N-ethyl adjacent to an activating group) is 1. The van der Waals surface area contributed by atoms with Gasteiger partial charge in [-0.2, -0.15) is 0 Å². The number of methoxy groups -OCH3 is 1. The van der Waals surface area contributed by atoms with Gasteiger partial charge in [-0.05, 0) is 78.7 Å². The van der Waals surface area contributed by atoms with Crippen molar-refractivity contribution in [1.82, 2.24) is 4.90 Å². The summed E-state index contributed by atoms with van der Waals surface area (Å²) in [5.74, 6) is 0.943. The monoisotopic (exact) mass is 470 g/mol. The van der Waals surface area contributed by atoms with E-state index in [0.717, 1.165) is 36.2 Å². The van der Waals surface area contributed by atoms with Gasteiger partial charge in [0, 0.05) is 24.5 Å². The fraction of sp³-hybridized carbons (Fsp3) is 0.240. The summed E-state index contributed by atoms with van der Waals surface area (Å²) in [5.41, 5.74) is 3.01. The first-order valence-electron chi connectivity index (χ1n) is 10.3. The van der Waals surface area contributed by atoms with E-state index in [1.54, 1.807) is 42.5 Å². The molecule has 1 radical (unpaired) electrons. The molecule has 1 aliphatic rings. The zero-order valence-electron chi connectivity index (χ0n) is 18.0. The van der Waals surface area contributed by atoms with E-state index in [1.807, 2.05) is 25.2 Å². The minimum absolute atomic E-state index is 0.187. The molecule has 0 amide bonds. The SMILES string of the molecule is COc1cc2c(cc1S(=O)(=O)c1ccc(OCc3ccc(Cl)cc3)cc1)CCN(C)C[CH]2. The quantitative estimate of drug-likeness (QED) is 0.518. The summed E-state index contributed by atoms with van der Waals surface area (Å²) in [4.78, 5) is 2.58. The third-order valence-electron chi connectivity index (χ3n) is 5.55. The molecule has 167 valence electrons. The highest BCUT2D eigenvalue weighted by molar-refractivity contribution is 7.91. The molecular weight excluding hydrogens is 446 g/mol. The van der Waals surface area contributed by atoms with Crippen molar-refractivity contribution < 1.29 is 17.9 Å². The predicted molar refractivity (Wildman–Crippen MR) is 125 cm³/mol. The van der Waals surface area contributed by atoms with Gasteiger partial charge in [-0.15, -0.1) is 0 Å². The van der Waals surface area contributed by atoms with E-state index in [2.05, 4.69) is 11.3 Å². The second-order valence-electron chi connectivity index (χ2n) is 7.81. The van der Waals surface area contributed by atoms with E-state index >= 15 is 0 Å². The molecule has 7 heteroatoms. The van der Waals surface area contributed by atoms with Crippen molar-refractivity contribution in [3.8, 4) is 11.5 Å². The number of hydrogen-bond acceptors (Lipinski definition) is 5. The van der Waals surface area contributed by atoms with Crippen molar-refractivity contribution in [2.24, 2.45) is 0 Å². The molecule has 0 N–H and O–H groups in total. The van der Waals surface area contributed by atoms with Crippen LogP contribution in [0.2, 0.25) is 5.02 Å². The Labute approximate surface area is 194 Å². The van der Waals surface area contributed by atoms with Gasteiger partial charge in [0.05, 0.1) is 12.0 Å². The fourth-order valence-electron chi connectivity index (χ4n) is 3.64. The van der Waals surface area contributed by atoms with Crippen LogP contribution in [0, 0.1) is 6.42 Å². The smallest absolute Gasteiger partial charge is 0.210 e. The largest absolute Gasteiger partial charge is 0.495 e. The van der Waals surface area contributed by atoms with E-state index in [9.17, 15) is 8.42 Å². The summed E-state index contributed by atoms with van der Waals surface area (Å²) >= 11 is 5.90. The normalized spacial score (nSPS) is 14.5. The number of ether oxygens (including phenoxy) is 2. The number of hydrogen-bond donors (Lipinski definition) is 0. The molecule has 5 nitrogen and oxygen atoms in total. The Bertz CT molecular complexity index is 1190. The van der Waals surface area contributed by atoms with Crippen LogP contribution in [0.1, 0.15) is 16.7 Å². The summed E-state index contributed by atoms with van der Waals surface area (Å²) in [6, 6.07) is 17.4. The predicted octanol–water partition coefficient (Wildman–Crippen LogP) is 4.80. The average Bonchev–Trinajstić information content (AvgIpc) is 2.99. The Morgan fingerprint density at radius 2 is 1.75 bits per heavy atom. The van der Waals surface area contributed by atoms with Gasteiger partial charge in [0.1, 0.15) is 23.0 Å². The third-order valence-corrected chi connectivity index (χ3v) is 7.60. The van der Waals surface area contributed by atoms with E-state index in [1.165, 1.54) is 7.11 Å². The first kappa shape index (κ1) is 22.6. The van der Waals surface area contributed by atoms with Gasteiger partial charge >= 0.3 is 0 Å². The maximum Gasteiger partial charge on any atom is 0.210 e. The highest BCUT2D eigenvalue weighted by Gasteiger charge is 2.25. The molecule has 0 saturated carbocycles. The minimum atomic E-state index is -3.75. The molecule has 0 bridgehead atoms. The number of sulfone groups is 1. The fourth-order valence-corrected chi connectivity index (χ4v) is 5.22. The van der Waals surface area contributed by atoms with Crippen LogP contribution in [0.5, 0.6) is 11.5 Å². The van der Waals surface area contributed by atoms with E-state index in [0.29, 0.717) is 23.1 Å². The number of fused-ring (bicyclic) bond motifs is 1. The van der Waals surface area contributed by atoms with Crippen molar-refractivity contribution in [1.29, 1.82) is 0 Å². The zero-order chi connectivity index (χ0) is 22.7.